The molecule has 0 aliphatic heterocycles. The lowest BCUT2D eigenvalue weighted by Gasteiger charge is -2.17. The lowest BCUT2D eigenvalue weighted by atomic mass is 10.1. The minimum Gasteiger partial charge on any atom is -0.352 e. The van der Waals surface area contributed by atoms with Gasteiger partial charge in [0.15, 0.2) is 0 Å². The number of amides is 1. The third-order valence-electron chi connectivity index (χ3n) is 2.68. The van der Waals surface area contributed by atoms with Crippen LogP contribution >= 0.6 is 0 Å². The van der Waals surface area contributed by atoms with Crippen LogP contribution in [0.15, 0.2) is 24.3 Å². The van der Waals surface area contributed by atoms with Gasteiger partial charge in [-0.2, -0.15) is 0 Å². The van der Waals surface area contributed by atoms with Crippen molar-refractivity contribution in [1.82, 2.24) is 10.2 Å². The van der Waals surface area contributed by atoms with Gasteiger partial charge in [-0.1, -0.05) is 25.1 Å². The number of rotatable bonds is 5. The molecular weight excluding hydrogens is 212 g/mol. The first kappa shape index (κ1) is 13.7. The Kier molecular flexibility index (Phi) is 5.16. The molecule has 1 rings (SSSR count). The standard InChI is InChI=1S/C14H22N2O/c1-11(10-16(3)4)9-15-14(17)13-8-6-5-7-12(13)2/h5-8,11H,9-10H2,1-4H3,(H,15,17)/t11-/m0/s1. The fourth-order valence-corrected chi connectivity index (χ4v) is 1.88. The van der Waals surface area contributed by atoms with Crippen LogP contribution in [0.2, 0.25) is 0 Å². The van der Waals surface area contributed by atoms with E-state index in [1.807, 2.05) is 45.3 Å². The molecule has 17 heavy (non-hydrogen) atoms. The van der Waals surface area contributed by atoms with E-state index in [1.165, 1.54) is 0 Å². The molecule has 1 N–H and O–H groups in total. The van der Waals surface area contributed by atoms with E-state index in [0.29, 0.717) is 12.5 Å². The molecule has 0 aliphatic rings. The Bertz CT molecular complexity index is 374. The predicted octanol–water partition coefficient (Wildman–Crippen LogP) is 1.92. The van der Waals surface area contributed by atoms with Gasteiger partial charge in [-0.25, -0.2) is 0 Å². The van der Waals surface area contributed by atoms with Crippen molar-refractivity contribution < 1.29 is 4.79 Å². The Morgan fingerprint density at radius 2 is 2.00 bits per heavy atom. The molecule has 1 aromatic rings. The Hall–Kier alpha value is -1.35. The van der Waals surface area contributed by atoms with Crippen molar-refractivity contribution in [3.05, 3.63) is 35.4 Å². The average molecular weight is 234 g/mol. The van der Waals surface area contributed by atoms with Crippen molar-refractivity contribution in [1.29, 1.82) is 0 Å². The van der Waals surface area contributed by atoms with E-state index >= 15 is 0 Å². The van der Waals surface area contributed by atoms with Crippen molar-refractivity contribution in [2.24, 2.45) is 5.92 Å². The highest BCUT2D eigenvalue weighted by Crippen LogP contribution is 2.06. The van der Waals surface area contributed by atoms with Gasteiger partial charge in [-0.3, -0.25) is 4.79 Å². The molecule has 1 amide bonds. The summed E-state index contributed by atoms with van der Waals surface area (Å²) in [6.45, 7) is 5.79. The Labute approximate surface area is 104 Å². The number of hydrogen-bond donors (Lipinski definition) is 1. The van der Waals surface area contributed by atoms with Crippen molar-refractivity contribution in [2.75, 3.05) is 27.2 Å². The maximum absolute atomic E-state index is 11.9. The zero-order chi connectivity index (χ0) is 12.8. The van der Waals surface area contributed by atoms with E-state index in [0.717, 1.165) is 17.7 Å². The summed E-state index contributed by atoms with van der Waals surface area (Å²) in [5, 5.41) is 2.98. The molecule has 0 aromatic heterocycles. The number of nitrogens with one attached hydrogen (secondary N) is 1. The number of hydrogen-bond acceptors (Lipinski definition) is 2. The number of aryl methyl sites for hydroxylation is 1. The second-order valence-corrected chi connectivity index (χ2v) is 4.89. The van der Waals surface area contributed by atoms with Crippen LogP contribution in [0.5, 0.6) is 0 Å². The monoisotopic (exact) mass is 234 g/mol. The van der Waals surface area contributed by atoms with Crippen LogP contribution in [0.4, 0.5) is 0 Å². The molecule has 0 spiro atoms. The first-order valence-electron chi connectivity index (χ1n) is 5.99. The zero-order valence-corrected chi connectivity index (χ0v) is 11.2. The van der Waals surface area contributed by atoms with Crippen LogP contribution in [0.3, 0.4) is 0 Å². The summed E-state index contributed by atoms with van der Waals surface area (Å²) in [6, 6.07) is 7.66. The lowest BCUT2D eigenvalue weighted by molar-refractivity contribution is 0.0945. The minimum absolute atomic E-state index is 0.0220. The van der Waals surface area contributed by atoms with Crippen molar-refractivity contribution in [2.45, 2.75) is 13.8 Å². The van der Waals surface area contributed by atoms with Crippen LogP contribution in [0.25, 0.3) is 0 Å². The molecule has 94 valence electrons. The van der Waals surface area contributed by atoms with Gasteiger partial charge in [-0.05, 0) is 38.6 Å². The van der Waals surface area contributed by atoms with E-state index in [4.69, 9.17) is 0 Å². The molecule has 0 fully saturated rings. The largest absolute Gasteiger partial charge is 0.352 e. The van der Waals surface area contributed by atoms with Gasteiger partial charge >= 0.3 is 0 Å². The summed E-state index contributed by atoms with van der Waals surface area (Å²) in [6.07, 6.45) is 0. The summed E-state index contributed by atoms with van der Waals surface area (Å²) >= 11 is 0. The average Bonchev–Trinajstić information content (AvgIpc) is 2.25. The molecule has 0 radical (unpaired) electrons. The van der Waals surface area contributed by atoms with Crippen LogP contribution in [-0.2, 0) is 0 Å². The van der Waals surface area contributed by atoms with Crippen LogP contribution in [0, 0.1) is 12.8 Å². The summed E-state index contributed by atoms with van der Waals surface area (Å²) in [7, 11) is 4.08. The maximum atomic E-state index is 11.9. The van der Waals surface area contributed by atoms with Crippen LogP contribution in [-0.4, -0.2) is 38.0 Å². The van der Waals surface area contributed by atoms with Gasteiger partial charge in [0.25, 0.3) is 5.91 Å². The fourth-order valence-electron chi connectivity index (χ4n) is 1.88. The summed E-state index contributed by atoms with van der Waals surface area (Å²) < 4.78 is 0. The second kappa shape index (κ2) is 6.40. The van der Waals surface area contributed by atoms with Gasteiger partial charge in [0.1, 0.15) is 0 Å². The Morgan fingerprint density at radius 1 is 1.35 bits per heavy atom. The molecule has 0 unspecified atom stereocenters. The molecule has 0 aliphatic carbocycles. The lowest BCUT2D eigenvalue weighted by Crippen LogP contribution is -2.33. The first-order valence-corrected chi connectivity index (χ1v) is 5.99. The van der Waals surface area contributed by atoms with Crippen molar-refractivity contribution in [3.8, 4) is 0 Å². The molecule has 1 atom stereocenters. The maximum Gasteiger partial charge on any atom is 0.251 e. The Morgan fingerprint density at radius 3 is 2.59 bits per heavy atom. The van der Waals surface area contributed by atoms with Gasteiger partial charge in [0.2, 0.25) is 0 Å². The normalized spacial score (nSPS) is 12.5. The molecule has 0 saturated carbocycles. The molecule has 0 bridgehead atoms. The van der Waals surface area contributed by atoms with Crippen molar-refractivity contribution >= 4 is 5.91 Å². The smallest absolute Gasteiger partial charge is 0.251 e. The van der Waals surface area contributed by atoms with Gasteiger partial charge < -0.3 is 10.2 Å². The van der Waals surface area contributed by atoms with Gasteiger partial charge in [0, 0.05) is 18.7 Å². The van der Waals surface area contributed by atoms with E-state index in [9.17, 15) is 4.79 Å². The topological polar surface area (TPSA) is 32.3 Å². The highest BCUT2D eigenvalue weighted by Gasteiger charge is 2.09. The number of carbonyl (C=O) groups excluding carboxylic acids is 1. The number of benzene rings is 1. The third-order valence-corrected chi connectivity index (χ3v) is 2.68. The molecule has 3 heteroatoms. The van der Waals surface area contributed by atoms with E-state index in [1.54, 1.807) is 0 Å². The Balaban J connectivity index is 2.48. The predicted molar refractivity (Wildman–Crippen MR) is 71.2 cm³/mol. The first-order chi connectivity index (χ1) is 8.00. The second-order valence-electron chi connectivity index (χ2n) is 4.89. The van der Waals surface area contributed by atoms with E-state index in [-0.39, 0.29) is 5.91 Å². The minimum atomic E-state index is 0.0220. The molecular formula is C14H22N2O. The molecule has 3 nitrogen and oxygen atoms in total. The van der Waals surface area contributed by atoms with E-state index in [2.05, 4.69) is 17.1 Å². The quantitative estimate of drug-likeness (QED) is 0.844. The van der Waals surface area contributed by atoms with Crippen LogP contribution in [0.1, 0.15) is 22.8 Å². The summed E-state index contributed by atoms with van der Waals surface area (Å²) in [4.78, 5) is 14.1. The number of nitrogens with zero attached hydrogens (tertiary/aromatic N) is 1. The zero-order valence-electron chi connectivity index (χ0n) is 11.2. The SMILES string of the molecule is Cc1ccccc1C(=O)NC[C@H](C)CN(C)C. The van der Waals surface area contributed by atoms with Gasteiger partial charge in [-0.15, -0.1) is 0 Å². The van der Waals surface area contributed by atoms with Gasteiger partial charge in [0.05, 0.1) is 0 Å². The third kappa shape index (κ3) is 4.57. The highest BCUT2D eigenvalue weighted by atomic mass is 16.1. The molecule has 0 heterocycles. The summed E-state index contributed by atoms with van der Waals surface area (Å²) in [5.74, 6) is 0.478. The van der Waals surface area contributed by atoms with E-state index < -0.39 is 0 Å². The summed E-state index contributed by atoms with van der Waals surface area (Å²) in [5.41, 5.74) is 1.79. The molecule has 1 aromatic carbocycles. The highest BCUT2D eigenvalue weighted by molar-refractivity contribution is 5.95. The van der Waals surface area contributed by atoms with Crippen LogP contribution < -0.4 is 5.32 Å². The number of carbonyl (C=O) groups is 1. The fraction of sp³-hybridized carbons (Fsp3) is 0.500. The van der Waals surface area contributed by atoms with Crippen molar-refractivity contribution in [3.63, 3.8) is 0 Å². The molecule has 0 saturated heterocycles.